The van der Waals surface area contributed by atoms with Crippen molar-refractivity contribution in [1.82, 2.24) is 0 Å². The zero-order valence-corrected chi connectivity index (χ0v) is 32.1. The molecule has 0 saturated carbocycles. The third-order valence-corrected chi connectivity index (χ3v) is 9.48. The van der Waals surface area contributed by atoms with Crippen LogP contribution in [-0.2, 0) is 58.4 Å². The minimum atomic E-state index is -6.41. The summed E-state index contributed by atoms with van der Waals surface area (Å²) in [5, 5.41) is 0. The molecule has 0 aliphatic rings. The van der Waals surface area contributed by atoms with Gasteiger partial charge in [-0.05, 0) is 52.0 Å². The van der Waals surface area contributed by atoms with Crippen LogP contribution < -0.4 is 8.37 Å². The quantitative estimate of drug-likeness (QED) is 0.0198. The van der Waals surface area contributed by atoms with E-state index in [1.807, 2.05) is 0 Å². The predicted molar refractivity (Wildman–Crippen MR) is 177 cm³/mol. The lowest BCUT2D eigenvalue weighted by molar-refractivity contribution is -0.148. The van der Waals surface area contributed by atoms with Crippen LogP contribution >= 0.6 is 0 Å². The molecule has 0 spiro atoms. The molecule has 0 unspecified atom stereocenters. The van der Waals surface area contributed by atoms with E-state index >= 15 is 0 Å². The summed E-state index contributed by atoms with van der Waals surface area (Å²) in [5.74, 6) is -38.6. The molecule has 326 valence electrons. The molecule has 0 saturated heterocycles. The van der Waals surface area contributed by atoms with E-state index in [1.54, 1.807) is 0 Å². The molecule has 3 aromatic rings. The van der Waals surface area contributed by atoms with Gasteiger partial charge in [0.1, 0.15) is 11.1 Å². The van der Waals surface area contributed by atoms with Gasteiger partial charge in [-0.1, -0.05) is 0 Å². The number of carbonyl (C=O) groups excluding carboxylic acids is 4. The highest BCUT2D eigenvalue weighted by Gasteiger charge is 2.38. The van der Waals surface area contributed by atoms with Crippen molar-refractivity contribution >= 4 is 56.3 Å². The van der Waals surface area contributed by atoms with Gasteiger partial charge in [-0.3, -0.25) is 0 Å². The highest BCUT2D eigenvalue weighted by atomic mass is 32.2. The molecule has 14 nitrogen and oxygen atoms in total. The number of esters is 4. The van der Waals surface area contributed by atoms with Crippen molar-refractivity contribution in [3.8, 4) is 11.5 Å². The Morgan fingerprint density at radius 2 is 0.650 bits per heavy atom. The molecule has 0 heterocycles. The van der Waals surface area contributed by atoms with Crippen LogP contribution in [0.3, 0.4) is 0 Å². The van der Waals surface area contributed by atoms with Crippen molar-refractivity contribution in [3.05, 3.63) is 92.6 Å². The van der Waals surface area contributed by atoms with E-state index in [1.165, 1.54) is 27.7 Å². The second-order valence-corrected chi connectivity index (χ2v) is 13.8. The first-order valence-corrected chi connectivity index (χ1v) is 18.9. The minimum Gasteiger partial charge on any atom is -0.462 e. The average molecular weight is 911 g/mol. The smallest absolute Gasteiger partial charge is 0.345 e. The Bertz CT molecular complexity index is 2290. The third-order valence-electron chi connectivity index (χ3n) is 6.96. The Hall–Kier alpha value is -6.18. The van der Waals surface area contributed by atoms with Gasteiger partial charge in [0.05, 0.1) is 26.4 Å². The van der Waals surface area contributed by atoms with Gasteiger partial charge in [-0.2, -0.15) is 16.8 Å². The normalized spacial score (nSPS) is 11.3. The lowest BCUT2D eigenvalue weighted by Gasteiger charge is -2.17. The molecule has 0 fully saturated rings. The Balaban J connectivity index is 2.66. The summed E-state index contributed by atoms with van der Waals surface area (Å²) in [6.45, 7) is 2.79. The number of halogens is 10. The molecule has 0 N–H and O–H groups in total. The van der Waals surface area contributed by atoms with Crippen molar-refractivity contribution in [2.75, 3.05) is 26.4 Å². The van der Waals surface area contributed by atoms with Gasteiger partial charge in [0.15, 0.2) is 67.8 Å². The predicted octanol–water partition coefficient (Wildman–Crippen LogP) is 5.63. The van der Waals surface area contributed by atoms with Crippen LogP contribution in [0.15, 0.2) is 33.1 Å². The summed E-state index contributed by atoms with van der Waals surface area (Å²) >= 11 is 0. The second-order valence-electron chi connectivity index (χ2n) is 10.8. The van der Waals surface area contributed by atoms with Crippen LogP contribution in [0.2, 0.25) is 0 Å². The molecule has 60 heavy (non-hydrogen) atoms. The maximum atomic E-state index is 14.8. The zero-order valence-electron chi connectivity index (χ0n) is 30.4. The number of carbonyl (C=O) groups is 4. The van der Waals surface area contributed by atoms with Crippen LogP contribution in [-0.4, -0.2) is 67.1 Å². The summed E-state index contributed by atoms with van der Waals surface area (Å²) in [6, 6.07) is 0.177. The van der Waals surface area contributed by atoms with Crippen LogP contribution in [0.1, 0.15) is 38.8 Å². The second kappa shape index (κ2) is 19.3. The minimum absolute atomic E-state index is 0.0885. The topological polar surface area (TPSA) is 192 Å². The highest BCUT2D eigenvalue weighted by molar-refractivity contribution is 7.87. The van der Waals surface area contributed by atoms with Crippen LogP contribution in [0.25, 0.3) is 12.2 Å². The fourth-order valence-corrected chi connectivity index (χ4v) is 6.60. The van der Waals surface area contributed by atoms with Crippen molar-refractivity contribution in [2.45, 2.75) is 37.5 Å². The fraction of sp³-hybridized carbons (Fsp3) is 0.235. The van der Waals surface area contributed by atoms with Crippen molar-refractivity contribution in [2.24, 2.45) is 0 Å². The van der Waals surface area contributed by atoms with Gasteiger partial charge in [0.25, 0.3) is 0 Å². The summed E-state index contributed by atoms with van der Waals surface area (Å²) in [5.41, 5.74) is -5.11. The first-order valence-electron chi connectivity index (χ1n) is 16.1. The molecular weight excluding hydrogens is 886 g/mol. The number of hydrogen-bond acceptors (Lipinski definition) is 14. The van der Waals surface area contributed by atoms with E-state index in [9.17, 15) is 79.9 Å². The van der Waals surface area contributed by atoms with Crippen LogP contribution in [0, 0.1) is 58.2 Å². The van der Waals surface area contributed by atoms with E-state index in [4.69, 9.17) is 18.9 Å². The lowest BCUT2D eigenvalue weighted by Crippen LogP contribution is -2.20. The zero-order chi connectivity index (χ0) is 45.6. The summed E-state index contributed by atoms with van der Waals surface area (Å²) < 4.78 is 225. The van der Waals surface area contributed by atoms with Gasteiger partial charge in [-0.25, -0.2) is 63.1 Å². The first-order chi connectivity index (χ1) is 27.9. The molecule has 3 aromatic carbocycles. The fourth-order valence-electron chi connectivity index (χ4n) is 4.44. The molecule has 0 aliphatic carbocycles. The molecule has 0 aromatic heterocycles. The highest BCUT2D eigenvalue weighted by Crippen LogP contribution is 2.38. The van der Waals surface area contributed by atoms with Crippen molar-refractivity contribution in [3.63, 3.8) is 0 Å². The number of ether oxygens (including phenoxy) is 4. The van der Waals surface area contributed by atoms with Crippen LogP contribution in [0.4, 0.5) is 43.9 Å². The SMILES string of the molecule is CCOC(=O)C(=Cc1cc(OS(=O)(=O)c2c(F)c(F)c(F)c(F)c2F)c(C=C(C(=O)OCC)C(=O)OCC)cc1OS(=O)(=O)c1c(F)c(F)c(F)c(F)c1F)C(=O)OCC. The molecular formula is C34H24F10O14S2. The van der Waals surface area contributed by atoms with Gasteiger partial charge in [0.2, 0.25) is 11.6 Å². The largest absolute Gasteiger partial charge is 0.462 e. The first kappa shape index (κ1) is 48.2. The average Bonchev–Trinajstić information content (AvgIpc) is 3.16. The van der Waals surface area contributed by atoms with Crippen molar-refractivity contribution in [1.29, 1.82) is 0 Å². The molecule has 0 atom stereocenters. The summed E-state index contributed by atoms with van der Waals surface area (Å²) in [6.07, 6.45) is 0.394. The van der Waals surface area contributed by atoms with Gasteiger partial charge < -0.3 is 27.3 Å². The Kier molecular flexibility index (Phi) is 15.5. The molecule has 0 radical (unpaired) electrons. The standard InChI is InChI=1S/C34H24F10O14S2/c1-5-53-31(45)15(32(46)54-6-2)9-13-11-18(58-60(51,52)30-27(43)23(39)20(36)24(40)28(30)44)14(10-16(33(47)55-7-3)34(48)56-8-4)12-17(13)57-59(49,50)29-25(41)21(37)19(35)22(38)26(29)42/h9-12H,5-8H2,1-4H3. The van der Waals surface area contributed by atoms with Gasteiger partial charge in [-0.15, -0.1) is 0 Å². The van der Waals surface area contributed by atoms with Crippen LogP contribution in [0.5, 0.6) is 11.5 Å². The summed E-state index contributed by atoms with van der Waals surface area (Å²) in [4.78, 5) is 46.0. The summed E-state index contributed by atoms with van der Waals surface area (Å²) in [7, 11) is -12.8. The maximum Gasteiger partial charge on any atom is 0.345 e. The molecule has 26 heteroatoms. The molecule has 3 rings (SSSR count). The number of hydrogen-bond donors (Lipinski definition) is 0. The lowest BCUT2D eigenvalue weighted by atomic mass is 10.0. The molecule has 0 bridgehead atoms. The van der Waals surface area contributed by atoms with E-state index in [0.29, 0.717) is 0 Å². The van der Waals surface area contributed by atoms with E-state index < -0.39 is 172 Å². The Morgan fingerprint density at radius 1 is 0.433 bits per heavy atom. The number of rotatable bonds is 16. The van der Waals surface area contributed by atoms with Gasteiger partial charge >= 0.3 is 44.1 Å². The molecule has 0 amide bonds. The van der Waals surface area contributed by atoms with E-state index in [2.05, 4.69) is 8.37 Å². The Morgan fingerprint density at radius 3 is 0.867 bits per heavy atom. The number of benzene rings is 3. The van der Waals surface area contributed by atoms with Gasteiger partial charge in [0, 0.05) is 11.1 Å². The van der Waals surface area contributed by atoms with E-state index in [0.717, 1.165) is 0 Å². The Labute approximate surface area is 331 Å². The third kappa shape index (κ3) is 9.98. The molecule has 0 aliphatic heterocycles. The van der Waals surface area contributed by atoms with Crippen molar-refractivity contribution < 1.29 is 107 Å². The van der Waals surface area contributed by atoms with E-state index in [-0.39, 0.29) is 24.3 Å². The monoisotopic (exact) mass is 910 g/mol. The maximum absolute atomic E-state index is 14.8.